The van der Waals surface area contributed by atoms with Gasteiger partial charge in [-0.2, -0.15) is 0 Å². The van der Waals surface area contributed by atoms with Crippen LogP contribution >= 0.6 is 0 Å². The summed E-state index contributed by atoms with van der Waals surface area (Å²) in [5, 5.41) is 5.25. The second-order valence-corrected chi connectivity index (χ2v) is 7.89. The van der Waals surface area contributed by atoms with Gasteiger partial charge >= 0.3 is 0 Å². The fraction of sp³-hybridized carbons (Fsp3) is 0.524. The Labute approximate surface area is 169 Å². The van der Waals surface area contributed by atoms with Crippen molar-refractivity contribution in [2.45, 2.75) is 57.7 Å². The largest absolute Gasteiger partial charge is 0.326 e. The summed E-state index contributed by atoms with van der Waals surface area (Å²) in [5.41, 5.74) is 1.84. The number of benzene rings is 1. The fourth-order valence-electron chi connectivity index (χ4n) is 4.20. The number of anilines is 1. The second kappa shape index (κ2) is 7.94. The number of fused-ring (bicyclic) bond motifs is 1. The molecule has 1 saturated heterocycles. The van der Waals surface area contributed by atoms with Crippen LogP contribution in [0, 0.1) is 0 Å². The molecule has 29 heavy (non-hydrogen) atoms. The molecule has 2 fully saturated rings. The quantitative estimate of drug-likeness (QED) is 0.674. The Kier molecular flexibility index (Phi) is 5.36. The zero-order valence-corrected chi connectivity index (χ0v) is 16.6. The molecule has 0 aromatic heterocycles. The molecule has 1 aliphatic carbocycles. The Bertz CT molecular complexity index is 864. The number of rotatable bonds is 7. The Morgan fingerprint density at radius 3 is 2.72 bits per heavy atom. The molecule has 2 aliphatic heterocycles. The first-order valence-electron chi connectivity index (χ1n) is 10.3. The number of piperidine rings is 1. The summed E-state index contributed by atoms with van der Waals surface area (Å²) in [6.45, 7) is 4.02. The van der Waals surface area contributed by atoms with Crippen LogP contribution in [-0.2, 0) is 20.9 Å². The van der Waals surface area contributed by atoms with Crippen LogP contribution in [0.5, 0.6) is 0 Å². The average molecular weight is 398 g/mol. The van der Waals surface area contributed by atoms with Crippen LogP contribution in [0.4, 0.5) is 5.69 Å². The maximum Gasteiger partial charge on any atom is 0.255 e. The second-order valence-electron chi connectivity index (χ2n) is 7.89. The smallest absolute Gasteiger partial charge is 0.255 e. The van der Waals surface area contributed by atoms with Crippen molar-refractivity contribution in [3.05, 3.63) is 29.3 Å². The number of amides is 4. The molecule has 8 nitrogen and oxygen atoms in total. The zero-order chi connectivity index (χ0) is 20.5. The van der Waals surface area contributed by atoms with E-state index in [0.29, 0.717) is 30.1 Å². The highest BCUT2D eigenvalue weighted by Gasteiger charge is 2.40. The number of hydrogen-bond acceptors (Lipinski definition) is 5. The Balaban J connectivity index is 1.43. The van der Waals surface area contributed by atoms with Crippen molar-refractivity contribution in [1.29, 1.82) is 0 Å². The van der Waals surface area contributed by atoms with Gasteiger partial charge in [-0.05, 0) is 37.9 Å². The zero-order valence-electron chi connectivity index (χ0n) is 16.6. The summed E-state index contributed by atoms with van der Waals surface area (Å²) < 4.78 is 0. The molecular formula is C21H26N4O4. The van der Waals surface area contributed by atoms with Crippen molar-refractivity contribution in [3.63, 3.8) is 0 Å². The van der Waals surface area contributed by atoms with Gasteiger partial charge in [0, 0.05) is 48.8 Å². The molecule has 0 radical (unpaired) electrons. The highest BCUT2D eigenvalue weighted by atomic mass is 16.2. The number of nitrogens with one attached hydrogen (secondary N) is 2. The van der Waals surface area contributed by atoms with Gasteiger partial charge in [0.15, 0.2) is 0 Å². The van der Waals surface area contributed by atoms with Crippen LogP contribution in [0.3, 0.4) is 0 Å². The van der Waals surface area contributed by atoms with E-state index in [-0.39, 0.29) is 30.7 Å². The average Bonchev–Trinajstić information content (AvgIpc) is 3.47. The van der Waals surface area contributed by atoms with E-state index in [1.807, 2.05) is 0 Å². The van der Waals surface area contributed by atoms with E-state index in [2.05, 4.69) is 22.5 Å². The molecule has 2 heterocycles. The normalized spacial score (nSPS) is 21.4. The van der Waals surface area contributed by atoms with Crippen LogP contribution < -0.4 is 10.6 Å². The molecule has 8 heteroatoms. The van der Waals surface area contributed by atoms with E-state index >= 15 is 0 Å². The molecule has 4 amide bonds. The van der Waals surface area contributed by atoms with Gasteiger partial charge in [-0.15, -0.1) is 0 Å². The van der Waals surface area contributed by atoms with E-state index in [9.17, 15) is 19.2 Å². The van der Waals surface area contributed by atoms with Crippen LogP contribution in [0.15, 0.2) is 18.2 Å². The molecule has 1 unspecified atom stereocenters. The molecule has 1 aromatic rings. The van der Waals surface area contributed by atoms with Crippen molar-refractivity contribution in [2.24, 2.45) is 0 Å². The fourth-order valence-corrected chi connectivity index (χ4v) is 4.20. The number of nitrogens with zero attached hydrogens (tertiary/aromatic N) is 2. The minimum absolute atomic E-state index is 0.0793. The predicted octanol–water partition coefficient (Wildman–Crippen LogP) is 1.26. The topological polar surface area (TPSA) is 98.8 Å². The third-order valence-electron chi connectivity index (χ3n) is 5.95. The van der Waals surface area contributed by atoms with Crippen LogP contribution in [-0.4, -0.2) is 58.6 Å². The van der Waals surface area contributed by atoms with Gasteiger partial charge in [0.1, 0.15) is 6.04 Å². The van der Waals surface area contributed by atoms with Gasteiger partial charge in [-0.1, -0.05) is 13.0 Å². The molecule has 154 valence electrons. The van der Waals surface area contributed by atoms with Crippen LogP contribution in [0.25, 0.3) is 0 Å². The van der Waals surface area contributed by atoms with Crippen molar-refractivity contribution in [3.8, 4) is 0 Å². The summed E-state index contributed by atoms with van der Waals surface area (Å²) in [5.74, 6) is -1.07. The van der Waals surface area contributed by atoms with Crippen molar-refractivity contribution < 1.29 is 19.2 Å². The standard InChI is InChI=1S/C21H26N4O4/c1-2-24(13-6-7-13)11-10-19(27)22-16-5-3-4-14-15(16)12-25(21(14)29)17-8-9-18(26)23-20(17)28/h3-5,13,17H,2,6-12H2,1H3,(H,22,27)(H,23,26,28). The third kappa shape index (κ3) is 4.03. The lowest BCUT2D eigenvalue weighted by Crippen LogP contribution is -2.52. The van der Waals surface area contributed by atoms with Gasteiger partial charge in [0.25, 0.3) is 5.91 Å². The molecule has 0 bridgehead atoms. The van der Waals surface area contributed by atoms with Crippen LogP contribution in [0.2, 0.25) is 0 Å². The molecule has 0 spiro atoms. The van der Waals surface area contributed by atoms with Gasteiger partial charge < -0.3 is 15.1 Å². The lowest BCUT2D eigenvalue weighted by atomic mass is 10.0. The molecule has 1 aromatic carbocycles. The third-order valence-corrected chi connectivity index (χ3v) is 5.95. The summed E-state index contributed by atoms with van der Waals surface area (Å²) in [7, 11) is 0. The van der Waals surface area contributed by atoms with E-state index < -0.39 is 11.9 Å². The minimum atomic E-state index is -0.659. The maximum absolute atomic E-state index is 12.8. The van der Waals surface area contributed by atoms with Gasteiger partial charge in [-0.25, -0.2) is 0 Å². The van der Waals surface area contributed by atoms with E-state index in [1.165, 1.54) is 17.7 Å². The summed E-state index contributed by atoms with van der Waals surface area (Å²) in [6, 6.07) is 5.20. The van der Waals surface area contributed by atoms with E-state index in [0.717, 1.165) is 18.7 Å². The number of imide groups is 1. The highest BCUT2D eigenvalue weighted by molar-refractivity contribution is 6.06. The summed E-state index contributed by atoms with van der Waals surface area (Å²) in [6.07, 6.45) is 3.36. The molecule has 3 aliphatic rings. The van der Waals surface area contributed by atoms with Crippen molar-refractivity contribution in [1.82, 2.24) is 15.1 Å². The molecule has 4 rings (SSSR count). The number of carbonyl (C=O) groups excluding carboxylic acids is 4. The Hall–Kier alpha value is -2.74. The predicted molar refractivity (Wildman–Crippen MR) is 106 cm³/mol. The van der Waals surface area contributed by atoms with Gasteiger partial charge in [0.05, 0.1) is 0 Å². The van der Waals surface area contributed by atoms with Gasteiger partial charge in [-0.3, -0.25) is 24.5 Å². The number of carbonyl (C=O) groups is 4. The van der Waals surface area contributed by atoms with E-state index in [4.69, 9.17) is 0 Å². The minimum Gasteiger partial charge on any atom is -0.326 e. The molecular weight excluding hydrogens is 372 g/mol. The summed E-state index contributed by atoms with van der Waals surface area (Å²) >= 11 is 0. The number of hydrogen-bond donors (Lipinski definition) is 2. The van der Waals surface area contributed by atoms with Crippen molar-refractivity contribution in [2.75, 3.05) is 18.4 Å². The lowest BCUT2D eigenvalue weighted by Gasteiger charge is -2.29. The summed E-state index contributed by atoms with van der Waals surface area (Å²) in [4.78, 5) is 52.7. The Morgan fingerprint density at radius 2 is 2.03 bits per heavy atom. The van der Waals surface area contributed by atoms with E-state index in [1.54, 1.807) is 18.2 Å². The van der Waals surface area contributed by atoms with Crippen molar-refractivity contribution >= 4 is 29.3 Å². The SMILES string of the molecule is CCN(CCC(=O)Nc1cccc2c1CN(C1CCC(=O)NC1=O)C2=O)C1CC1. The monoisotopic (exact) mass is 398 g/mol. The highest BCUT2D eigenvalue weighted by Crippen LogP contribution is 2.32. The molecule has 2 N–H and O–H groups in total. The maximum atomic E-state index is 12.8. The first-order chi connectivity index (χ1) is 14.0. The molecule has 1 atom stereocenters. The first kappa shape index (κ1) is 19.6. The first-order valence-corrected chi connectivity index (χ1v) is 10.3. The van der Waals surface area contributed by atoms with Gasteiger partial charge in [0.2, 0.25) is 17.7 Å². The molecule has 1 saturated carbocycles. The van der Waals surface area contributed by atoms with Crippen LogP contribution in [0.1, 0.15) is 54.9 Å². The lowest BCUT2D eigenvalue weighted by molar-refractivity contribution is -0.137. The Morgan fingerprint density at radius 1 is 1.24 bits per heavy atom.